The number of rotatable bonds is 8. The van der Waals surface area contributed by atoms with Crippen molar-refractivity contribution in [3.63, 3.8) is 0 Å². The molecular formula is C23H34N2O4. The highest BCUT2D eigenvalue weighted by Crippen LogP contribution is 2.14. The number of ether oxygens (including phenoxy) is 1. The molecule has 2 amide bonds. The largest absolute Gasteiger partial charge is 0.458 e. The first-order valence-corrected chi connectivity index (χ1v) is 9.92. The van der Waals surface area contributed by atoms with Crippen LogP contribution in [0.4, 0.5) is 0 Å². The van der Waals surface area contributed by atoms with Gasteiger partial charge < -0.3 is 15.4 Å². The minimum absolute atomic E-state index is 0.152. The molecule has 1 aromatic carbocycles. The van der Waals surface area contributed by atoms with Gasteiger partial charge in [0.2, 0.25) is 5.91 Å². The van der Waals surface area contributed by atoms with Crippen LogP contribution in [0.2, 0.25) is 0 Å². The highest BCUT2D eigenvalue weighted by Gasteiger charge is 2.27. The number of benzene rings is 1. The van der Waals surface area contributed by atoms with Gasteiger partial charge in [0.15, 0.2) is 0 Å². The van der Waals surface area contributed by atoms with Crippen molar-refractivity contribution in [2.75, 3.05) is 0 Å². The molecule has 6 heteroatoms. The fourth-order valence-electron chi connectivity index (χ4n) is 2.58. The van der Waals surface area contributed by atoms with Gasteiger partial charge in [-0.05, 0) is 64.7 Å². The Bertz CT molecular complexity index is 739. The maximum Gasteiger partial charge on any atom is 0.329 e. The summed E-state index contributed by atoms with van der Waals surface area (Å²) in [7, 11) is 0. The predicted molar refractivity (Wildman–Crippen MR) is 114 cm³/mol. The lowest BCUT2D eigenvalue weighted by molar-refractivity contribution is -0.157. The zero-order valence-electron chi connectivity index (χ0n) is 18.6. The molecule has 0 saturated heterocycles. The topological polar surface area (TPSA) is 84.5 Å². The van der Waals surface area contributed by atoms with E-state index >= 15 is 0 Å². The Morgan fingerprint density at radius 2 is 1.66 bits per heavy atom. The minimum Gasteiger partial charge on any atom is -0.458 e. The third kappa shape index (κ3) is 9.92. The summed E-state index contributed by atoms with van der Waals surface area (Å²) < 4.78 is 5.44. The molecule has 1 atom stereocenters. The van der Waals surface area contributed by atoms with Crippen LogP contribution in [0, 0.1) is 5.92 Å². The molecule has 2 N–H and O–H groups in total. The van der Waals surface area contributed by atoms with Crippen LogP contribution in [0.3, 0.4) is 0 Å². The molecule has 6 nitrogen and oxygen atoms in total. The first-order chi connectivity index (χ1) is 13.4. The van der Waals surface area contributed by atoms with Crippen molar-refractivity contribution in [1.82, 2.24) is 10.6 Å². The van der Waals surface area contributed by atoms with E-state index in [1.807, 2.05) is 27.7 Å². The SMILES string of the molecule is CC(C)=CC(=O)NCc1ccc(C(=O)N[C@@H](CC(C)C)C(=O)OC(C)(C)C)cc1. The number of carbonyl (C=O) groups excluding carboxylic acids is 3. The van der Waals surface area contributed by atoms with E-state index in [1.165, 1.54) is 6.08 Å². The normalized spacial score (nSPS) is 12.1. The molecule has 1 rings (SSSR count). The van der Waals surface area contributed by atoms with E-state index in [4.69, 9.17) is 4.74 Å². The van der Waals surface area contributed by atoms with Gasteiger partial charge in [0, 0.05) is 18.2 Å². The van der Waals surface area contributed by atoms with E-state index in [2.05, 4.69) is 10.6 Å². The average Bonchev–Trinajstić information content (AvgIpc) is 2.57. The summed E-state index contributed by atoms with van der Waals surface area (Å²) in [5, 5.41) is 5.58. The van der Waals surface area contributed by atoms with Crippen molar-refractivity contribution in [2.45, 2.75) is 73.1 Å². The van der Waals surface area contributed by atoms with Crippen LogP contribution in [0.15, 0.2) is 35.9 Å². The van der Waals surface area contributed by atoms with Gasteiger partial charge in [0.25, 0.3) is 5.91 Å². The second-order valence-corrected chi connectivity index (χ2v) is 8.83. The third-order valence-electron chi connectivity index (χ3n) is 3.81. The van der Waals surface area contributed by atoms with Gasteiger partial charge >= 0.3 is 5.97 Å². The average molecular weight is 403 g/mol. The number of esters is 1. The summed E-state index contributed by atoms with van der Waals surface area (Å²) in [4.78, 5) is 36.7. The van der Waals surface area contributed by atoms with Crippen molar-refractivity contribution >= 4 is 17.8 Å². The molecule has 0 fully saturated rings. The Morgan fingerprint density at radius 3 is 2.14 bits per heavy atom. The maximum absolute atomic E-state index is 12.6. The van der Waals surface area contributed by atoms with Crippen LogP contribution in [-0.4, -0.2) is 29.4 Å². The van der Waals surface area contributed by atoms with Crippen LogP contribution in [0.25, 0.3) is 0 Å². The summed E-state index contributed by atoms with van der Waals surface area (Å²) in [5.41, 5.74) is 1.63. The quantitative estimate of drug-likeness (QED) is 0.512. The molecule has 0 aromatic heterocycles. The van der Waals surface area contributed by atoms with Gasteiger partial charge in [-0.3, -0.25) is 9.59 Å². The Kier molecular flexibility index (Phi) is 9.08. The van der Waals surface area contributed by atoms with Crippen LogP contribution in [-0.2, 0) is 20.9 Å². The first-order valence-electron chi connectivity index (χ1n) is 9.92. The second-order valence-electron chi connectivity index (χ2n) is 8.83. The molecule has 29 heavy (non-hydrogen) atoms. The van der Waals surface area contributed by atoms with Gasteiger partial charge in [-0.1, -0.05) is 31.6 Å². The molecule has 160 valence electrons. The van der Waals surface area contributed by atoms with Gasteiger partial charge in [-0.15, -0.1) is 0 Å². The summed E-state index contributed by atoms with van der Waals surface area (Å²) in [6.45, 7) is 13.5. The number of allylic oxidation sites excluding steroid dienone is 1. The standard InChI is InChI=1S/C23H34N2O4/c1-15(2)12-19(22(28)29-23(5,6)7)25-21(27)18-10-8-17(9-11-18)14-24-20(26)13-16(3)4/h8-11,13,15,19H,12,14H2,1-7H3,(H,24,26)(H,25,27)/t19-/m0/s1. The minimum atomic E-state index is -0.704. The van der Waals surface area contributed by atoms with Crippen LogP contribution in [0.5, 0.6) is 0 Å². The molecule has 0 heterocycles. The molecule has 1 aromatic rings. The fourth-order valence-corrected chi connectivity index (χ4v) is 2.58. The van der Waals surface area contributed by atoms with Crippen LogP contribution in [0.1, 0.15) is 70.8 Å². The second kappa shape index (κ2) is 10.8. The fraction of sp³-hybridized carbons (Fsp3) is 0.522. The third-order valence-corrected chi connectivity index (χ3v) is 3.81. The van der Waals surface area contributed by atoms with Crippen molar-refractivity contribution in [1.29, 1.82) is 0 Å². The number of hydrogen-bond acceptors (Lipinski definition) is 4. The Hall–Kier alpha value is -2.63. The highest BCUT2D eigenvalue weighted by molar-refractivity contribution is 5.96. The van der Waals surface area contributed by atoms with Gasteiger partial charge in [0.1, 0.15) is 11.6 Å². The van der Waals surface area contributed by atoms with Crippen molar-refractivity contribution in [3.05, 3.63) is 47.0 Å². The summed E-state index contributed by atoms with van der Waals surface area (Å²) in [6.07, 6.45) is 2.03. The smallest absolute Gasteiger partial charge is 0.329 e. The molecule has 0 aliphatic rings. The molecule has 0 radical (unpaired) electrons. The molecule has 0 bridgehead atoms. The maximum atomic E-state index is 12.6. The molecule has 0 saturated carbocycles. The van der Waals surface area contributed by atoms with E-state index in [-0.39, 0.29) is 17.7 Å². The van der Waals surface area contributed by atoms with E-state index in [0.717, 1.165) is 11.1 Å². The Morgan fingerprint density at radius 1 is 1.07 bits per heavy atom. The number of nitrogens with one attached hydrogen (secondary N) is 2. The van der Waals surface area contributed by atoms with Crippen molar-refractivity contribution < 1.29 is 19.1 Å². The molecule has 0 unspecified atom stereocenters. The lowest BCUT2D eigenvalue weighted by atomic mass is 10.0. The summed E-state index contributed by atoms with van der Waals surface area (Å²) >= 11 is 0. The highest BCUT2D eigenvalue weighted by atomic mass is 16.6. The van der Waals surface area contributed by atoms with E-state index < -0.39 is 17.6 Å². The summed E-state index contributed by atoms with van der Waals surface area (Å²) in [6, 6.07) is 6.22. The van der Waals surface area contributed by atoms with Crippen LogP contribution < -0.4 is 10.6 Å². The van der Waals surface area contributed by atoms with Crippen molar-refractivity contribution in [3.8, 4) is 0 Å². The van der Waals surface area contributed by atoms with Gasteiger partial charge in [-0.2, -0.15) is 0 Å². The molecule has 0 spiro atoms. The van der Waals surface area contributed by atoms with Gasteiger partial charge in [-0.25, -0.2) is 4.79 Å². The monoisotopic (exact) mass is 402 g/mol. The van der Waals surface area contributed by atoms with Crippen LogP contribution >= 0.6 is 0 Å². The number of carbonyl (C=O) groups is 3. The summed E-state index contributed by atoms with van der Waals surface area (Å²) in [5.74, 6) is -0.694. The Labute approximate surface area is 174 Å². The zero-order chi connectivity index (χ0) is 22.2. The van der Waals surface area contributed by atoms with E-state index in [0.29, 0.717) is 18.5 Å². The number of hydrogen-bond donors (Lipinski definition) is 2. The molecule has 0 aliphatic carbocycles. The van der Waals surface area contributed by atoms with E-state index in [9.17, 15) is 14.4 Å². The number of amides is 2. The predicted octanol–water partition coefficient (Wildman–Crippen LogP) is 3.76. The zero-order valence-corrected chi connectivity index (χ0v) is 18.6. The first kappa shape index (κ1) is 24.4. The lowest BCUT2D eigenvalue weighted by Gasteiger charge is -2.25. The van der Waals surface area contributed by atoms with Gasteiger partial charge in [0.05, 0.1) is 0 Å². The van der Waals surface area contributed by atoms with E-state index in [1.54, 1.807) is 45.0 Å². The lowest BCUT2D eigenvalue weighted by Crippen LogP contribution is -2.44. The molecular weight excluding hydrogens is 368 g/mol. The molecule has 0 aliphatic heterocycles. The Balaban J connectivity index is 2.76. The van der Waals surface area contributed by atoms with Crippen molar-refractivity contribution in [2.24, 2.45) is 5.92 Å².